The average molecular weight is 219 g/mol. The summed E-state index contributed by atoms with van der Waals surface area (Å²) in [6.07, 6.45) is 4.09. The van der Waals surface area contributed by atoms with Crippen LogP contribution < -0.4 is 0 Å². The van der Waals surface area contributed by atoms with Crippen LogP contribution in [0.1, 0.15) is 26.0 Å². The molecule has 0 atom stereocenters. The maximum absolute atomic E-state index is 11.7. The Kier molecular flexibility index (Phi) is 2.89. The second-order valence-corrected chi connectivity index (χ2v) is 4.16. The first kappa shape index (κ1) is 10.7. The normalized spacial score (nSPS) is 11.2. The van der Waals surface area contributed by atoms with E-state index in [1.165, 1.54) is 0 Å². The molecule has 6 nitrogen and oxygen atoms in total. The Morgan fingerprint density at radius 3 is 3.00 bits per heavy atom. The van der Waals surface area contributed by atoms with E-state index < -0.39 is 0 Å². The molecular formula is C10H13N5O. The molecule has 6 heteroatoms. The third-order valence-corrected chi connectivity index (χ3v) is 2.19. The smallest absolute Gasteiger partial charge is 0.197 e. The van der Waals surface area contributed by atoms with Crippen LogP contribution in [0.5, 0.6) is 0 Å². The number of hydrogen-bond acceptors (Lipinski definition) is 5. The molecule has 0 radical (unpaired) electrons. The van der Waals surface area contributed by atoms with Gasteiger partial charge in [0.15, 0.2) is 5.65 Å². The molecule has 84 valence electrons. The number of nitrogens with zero attached hydrogens (tertiary/aromatic N) is 5. The molecule has 0 fully saturated rings. The van der Waals surface area contributed by atoms with Gasteiger partial charge in [-0.25, -0.2) is 0 Å². The minimum Gasteiger partial charge on any atom is -0.299 e. The number of fused-ring (bicyclic) bond motifs is 1. The van der Waals surface area contributed by atoms with E-state index in [2.05, 4.69) is 20.5 Å². The number of tetrazole rings is 1. The zero-order valence-corrected chi connectivity index (χ0v) is 9.29. The predicted molar refractivity (Wildman–Crippen MR) is 56.7 cm³/mol. The van der Waals surface area contributed by atoms with Crippen molar-refractivity contribution in [1.29, 1.82) is 0 Å². The van der Waals surface area contributed by atoms with Crippen LogP contribution in [-0.2, 0) is 11.2 Å². The predicted octanol–water partition coefficient (Wildman–Crippen LogP) is 0.677. The molecule has 2 heterocycles. The van der Waals surface area contributed by atoms with Gasteiger partial charge in [0.1, 0.15) is 5.78 Å². The van der Waals surface area contributed by atoms with E-state index in [1.54, 1.807) is 16.9 Å². The fraction of sp³-hybridized carbons (Fsp3) is 0.500. The quantitative estimate of drug-likeness (QED) is 0.755. The summed E-state index contributed by atoms with van der Waals surface area (Å²) >= 11 is 0. The lowest BCUT2D eigenvalue weighted by Gasteiger charge is -2.04. The minimum atomic E-state index is 0.180. The topological polar surface area (TPSA) is 73.0 Å². The number of ketones is 1. The average Bonchev–Trinajstić information content (AvgIpc) is 2.65. The molecule has 0 amide bonds. The summed E-state index contributed by atoms with van der Waals surface area (Å²) < 4.78 is 1.55. The molecule has 0 unspecified atom stereocenters. The molecule has 0 aromatic carbocycles. The molecular weight excluding hydrogens is 206 g/mol. The molecule has 2 aromatic heterocycles. The summed E-state index contributed by atoms with van der Waals surface area (Å²) in [7, 11) is 0. The van der Waals surface area contributed by atoms with Crippen molar-refractivity contribution in [3.63, 3.8) is 0 Å². The number of Topliss-reactive ketones (excluding diaryl/α,β-unsaturated/α-hetero) is 1. The second kappa shape index (κ2) is 4.34. The van der Waals surface area contributed by atoms with Gasteiger partial charge in [0.05, 0.1) is 18.3 Å². The Balaban J connectivity index is 2.20. The molecule has 0 saturated heterocycles. The minimum absolute atomic E-state index is 0.180. The van der Waals surface area contributed by atoms with E-state index in [1.807, 2.05) is 13.8 Å². The largest absolute Gasteiger partial charge is 0.299 e. The van der Waals surface area contributed by atoms with E-state index >= 15 is 0 Å². The van der Waals surface area contributed by atoms with Gasteiger partial charge in [-0.1, -0.05) is 13.8 Å². The van der Waals surface area contributed by atoms with Crippen LogP contribution in [0.4, 0.5) is 0 Å². The van der Waals surface area contributed by atoms with E-state index in [9.17, 15) is 4.79 Å². The SMILES string of the molecule is CC(C)CC(=O)Cc1cncc2nnnn12. The Hall–Kier alpha value is -1.85. The molecule has 0 saturated carbocycles. The van der Waals surface area contributed by atoms with E-state index in [0.29, 0.717) is 24.4 Å². The number of carbonyl (C=O) groups excluding carboxylic acids is 1. The van der Waals surface area contributed by atoms with Crippen LogP contribution >= 0.6 is 0 Å². The highest BCUT2D eigenvalue weighted by Gasteiger charge is 2.10. The highest BCUT2D eigenvalue weighted by molar-refractivity contribution is 5.80. The van der Waals surface area contributed by atoms with Crippen LogP contribution in [0.25, 0.3) is 5.65 Å². The van der Waals surface area contributed by atoms with Gasteiger partial charge in [0.2, 0.25) is 0 Å². The third-order valence-electron chi connectivity index (χ3n) is 2.19. The Morgan fingerprint density at radius 2 is 2.25 bits per heavy atom. The molecule has 0 N–H and O–H groups in total. The van der Waals surface area contributed by atoms with Crippen molar-refractivity contribution < 1.29 is 4.79 Å². The van der Waals surface area contributed by atoms with Crippen LogP contribution in [0.3, 0.4) is 0 Å². The monoisotopic (exact) mass is 219 g/mol. The van der Waals surface area contributed by atoms with Crippen molar-refractivity contribution in [2.75, 3.05) is 0 Å². The van der Waals surface area contributed by atoms with Gasteiger partial charge in [-0.2, -0.15) is 4.52 Å². The van der Waals surface area contributed by atoms with Crippen LogP contribution in [-0.4, -0.2) is 30.8 Å². The molecule has 0 aliphatic heterocycles. The van der Waals surface area contributed by atoms with Gasteiger partial charge in [-0.15, -0.1) is 5.10 Å². The number of rotatable bonds is 4. The Morgan fingerprint density at radius 1 is 1.44 bits per heavy atom. The highest BCUT2D eigenvalue weighted by atomic mass is 16.1. The zero-order valence-electron chi connectivity index (χ0n) is 9.29. The first-order valence-electron chi connectivity index (χ1n) is 5.19. The summed E-state index contributed by atoms with van der Waals surface area (Å²) in [6, 6.07) is 0. The Labute approximate surface area is 92.7 Å². The van der Waals surface area contributed by atoms with Crippen molar-refractivity contribution in [2.24, 2.45) is 5.92 Å². The molecule has 0 spiro atoms. The fourth-order valence-corrected chi connectivity index (χ4v) is 1.57. The molecule has 2 rings (SSSR count). The lowest BCUT2D eigenvalue weighted by Crippen LogP contribution is -2.10. The van der Waals surface area contributed by atoms with Crippen molar-refractivity contribution in [3.05, 3.63) is 18.1 Å². The summed E-state index contributed by atoms with van der Waals surface area (Å²) in [5.74, 6) is 0.549. The summed E-state index contributed by atoms with van der Waals surface area (Å²) in [4.78, 5) is 15.7. The number of hydrogen-bond donors (Lipinski definition) is 0. The Bertz CT molecular complexity index is 505. The van der Waals surface area contributed by atoms with Gasteiger partial charge < -0.3 is 0 Å². The van der Waals surface area contributed by atoms with Crippen molar-refractivity contribution >= 4 is 11.4 Å². The summed E-state index contributed by atoms with van der Waals surface area (Å²) in [6.45, 7) is 4.04. The van der Waals surface area contributed by atoms with E-state index in [-0.39, 0.29) is 5.78 Å². The van der Waals surface area contributed by atoms with Crippen LogP contribution in [0.15, 0.2) is 12.4 Å². The lowest BCUT2D eigenvalue weighted by molar-refractivity contribution is -0.119. The number of carbonyl (C=O) groups is 1. The fourth-order valence-electron chi connectivity index (χ4n) is 1.57. The highest BCUT2D eigenvalue weighted by Crippen LogP contribution is 2.06. The van der Waals surface area contributed by atoms with Crippen LogP contribution in [0, 0.1) is 5.92 Å². The van der Waals surface area contributed by atoms with Gasteiger partial charge in [0, 0.05) is 12.6 Å². The molecule has 2 aromatic rings. The van der Waals surface area contributed by atoms with Gasteiger partial charge in [-0.3, -0.25) is 9.78 Å². The third kappa shape index (κ3) is 2.21. The van der Waals surface area contributed by atoms with E-state index in [4.69, 9.17) is 0 Å². The molecule has 0 aliphatic carbocycles. The van der Waals surface area contributed by atoms with Crippen molar-refractivity contribution in [2.45, 2.75) is 26.7 Å². The van der Waals surface area contributed by atoms with Crippen molar-refractivity contribution in [3.8, 4) is 0 Å². The van der Waals surface area contributed by atoms with Gasteiger partial charge in [0.25, 0.3) is 0 Å². The molecule has 0 aliphatic rings. The molecule has 0 bridgehead atoms. The summed E-state index contributed by atoms with van der Waals surface area (Å²) in [5, 5.41) is 11.1. The maximum atomic E-state index is 11.7. The molecule has 16 heavy (non-hydrogen) atoms. The zero-order chi connectivity index (χ0) is 11.5. The summed E-state index contributed by atoms with van der Waals surface area (Å²) in [5.41, 5.74) is 1.29. The van der Waals surface area contributed by atoms with Crippen LogP contribution in [0.2, 0.25) is 0 Å². The van der Waals surface area contributed by atoms with Gasteiger partial charge >= 0.3 is 0 Å². The lowest BCUT2D eigenvalue weighted by atomic mass is 10.0. The number of aromatic nitrogens is 5. The maximum Gasteiger partial charge on any atom is 0.197 e. The second-order valence-electron chi connectivity index (χ2n) is 4.16. The first-order valence-corrected chi connectivity index (χ1v) is 5.19. The van der Waals surface area contributed by atoms with Crippen molar-refractivity contribution in [1.82, 2.24) is 25.0 Å². The van der Waals surface area contributed by atoms with E-state index in [0.717, 1.165) is 5.69 Å². The first-order chi connectivity index (χ1) is 7.66. The van der Waals surface area contributed by atoms with Gasteiger partial charge in [-0.05, 0) is 16.3 Å². The standard InChI is InChI=1S/C10H13N5O/c1-7(2)3-9(16)4-8-5-11-6-10-12-13-14-15(8)10/h5-7H,3-4H2,1-2H3.